The van der Waals surface area contributed by atoms with Gasteiger partial charge in [-0.15, -0.1) is 0 Å². The molecule has 0 saturated carbocycles. The van der Waals surface area contributed by atoms with E-state index >= 15 is 0 Å². The van der Waals surface area contributed by atoms with Gasteiger partial charge in [-0.25, -0.2) is 0 Å². The van der Waals surface area contributed by atoms with E-state index in [0.717, 1.165) is 17.7 Å². The summed E-state index contributed by atoms with van der Waals surface area (Å²) < 4.78 is 7.45. The maximum atomic E-state index is 5.17. The van der Waals surface area contributed by atoms with Crippen LogP contribution < -0.4 is 0 Å². The molecule has 0 aliphatic rings. The van der Waals surface area contributed by atoms with E-state index in [1.807, 2.05) is 0 Å². The lowest BCUT2D eigenvalue weighted by Crippen LogP contribution is -2.40. The summed E-state index contributed by atoms with van der Waals surface area (Å²) in [6.45, 7) is 7.54. The summed E-state index contributed by atoms with van der Waals surface area (Å²) in [6.07, 6.45) is 1.24. The van der Waals surface area contributed by atoms with Gasteiger partial charge in [-0.3, -0.25) is 4.90 Å². The average molecular weight is 468 g/mol. The first-order chi connectivity index (χ1) is 8.06. The average Bonchev–Trinajstić information content (AvgIpc) is 2.32. The maximum absolute atomic E-state index is 5.17. The van der Waals surface area contributed by atoms with Crippen LogP contribution in [0.15, 0.2) is 0 Å². The minimum Gasteiger partial charge on any atom is -0.383 e. The van der Waals surface area contributed by atoms with Crippen LogP contribution in [0.25, 0.3) is 0 Å². The van der Waals surface area contributed by atoms with Crippen LogP contribution in [0.1, 0.15) is 20.3 Å². The van der Waals surface area contributed by atoms with E-state index < -0.39 is 0 Å². The fraction of sp³-hybridized carbons (Fsp3) is 1.00. The molecule has 0 N–H and O–H groups in total. The second kappa shape index (κ2) is 11.2. The van der Waals surface area contributed by atoms with Crippen LogP contribution in [-0.2, 0) is 4.74 Å². The van der Waals surface area contributed by atoms with Crippen molar-refractivity contribution in [1.82, 2.24) is 9.80 Å². The van der Waals surface area contributed by atoms with E-state index in [0.29, 0.717) is 12.1 Å². The monoisotopic (exact) mass is 468 g/mol. The molecular formula is C12H26I2N2O. The number of hydrogen-bond donors (Lipinski definition) is 0. The third-order valence-electron chi connectivity index (χ3n) is 3.13. The molecule has 17 heavy (non-hydrogen) atoms. The SMILES string of the molecule is COCCN(CI)C(CI)CCN(C)C(C)C. The molecule has 104 valence electrons. The Labute approximate surface area is 134 Å². The standard InChI is InChI=1S/C12H26I2N2O/c1-11(2)15(3)6-5-12(9-13)16(10-14)7-8-17-4/h11-12H,5-10H2,1-4H3. The maximum Gasteiger partial charge on any atom is 0.0590 e. The minimum atomic E-state index is 0.636. The molecule has 0 saturated heterocycles. The molecule has 3 nitrogen and oxygen atoms in total. The van der Waals surface area contributed by atoms with Gasteiger partial charge in [0.1, 0.15) is 0 Å². The Bertz CT molecular complexity index is 182. The Morgan fingerprint density at radius 3 is 2.24 bits per heavy atom. The second-order valence-electron chi connectivity index (χ2n) is 4.60. The highest BCUT2D eigenvalue weighted by atomic mass is 127. The molecule has 0 aromatic heterocycles. The molecule has 0 aromatic rings. The first-order valence-electron chi connectivity index (χ1n) is 6.11. The van der Waals surface area contributed by atoms with Crippen LogP contribution in [0, 0.1) is 0 Å². The molecule has 0 fully saturated rings. The molecule has 0 rings (SSSR count). The van der Waals surface area contributed by atoms with Crippen molar-refractivity contribution in [3.05, 3.63) is 0 Å². The van der Waals surface area contributed by atoms with Crippen LogP contribution >= 0.6 is 45.2 Å². The summed E-state index contributed by atoms with van der Waals surface area (Å²) in [5.74, 6) is 0. The van der Waals surface area contributed by atoms with Crippen molar-refractivity contribution in [3.8, 4) is 0 Å². The highest BCUT2D eigenvalue weighted by molar-refractivity contribution is 14.1. The van der Waals surface area contributed by atoms with E-state index in [4.69, 9.17) is 4.74 Å². The summed E-state index contributed by atoms with van der Waals surface area (Å²) >= 11 is 4.95. The van der Waals surface area contributed by atoms with E-state index in [9.17, 15) is 0 Å². The number of ether oxygens (including phenoxy) is 1. The topological polar surface area (TPSA) is 15.7 Å². The van der Waals surface area contributed by atoms with Crippen molar-refractivity contribution >= 4 is 45.2 Å². The normalized spacial score (nSPS) is 13.9. The first kappa shape index (κ1) is 18.3. The zero-order valence-corrected chi connectivity index (χ0v) is 15.8. The van der Waals surface area contributed by atoms with Gasteiger partial charge in [-0.2, -0.15) is 0 Å². The van der Waals surface area contributed by atoms with Gasteiger partial charge in [0, 0.05) is 30.2 Å². The van der Waals surface area contributed by atoms with Gasteiger partial charge in [-0.05, 0) is 33.9 Å². The number of nitrogens with zero attached hydrogens (tertiary/aromatic N) is 2. The number of rotatable bonds is 10. The van der Waals surface area contributed by atoms with Crippen molar-refractivity contribution in [2.45, 2.75) is 32.4 Å². The lowest BCUT2D eigenvalue weighted by Gasteiger charge is -2.31. The molecule has 0 spiro atoms. The number of alkyl halides is 2. The summed E-state index contributed by atoms with van der Waals surface area (Å²) in [6, 6.07) is 1.31. The molecule has 0 bridgehead atoms. The highest BCUT2D eigenvalue weighted by Gasteiger charge is 2.17. The minimum absolute atomic E-state index is 0.636. The highest BCUT2D eigenvalue weighted by Crippen LogP contribution is 2.11. The van der Waals surface area contributed by atoms with Crippen molar-refractivity contribution in [3.63, 3.8) is 0 Å². The smallest absolute Gasteiger partial charge is 0.0590 e. The molecule has 5 heteroatoms. The molecule has 1 atom stereocenters. The Kier molecular flexibility index (Phi) is 12.1. The van der Waals surface area contributed by atoms with Crippen LogP contribution in [0.2, 0.25) is 0 Å². The Morgan fingerprint density at radius 2 is 1.82 bits per heavy atom. The zero-order chi connectivity index (χ0) is 13.3. The first-order valence-corrected chi connectivity index (χ1v) is 9.17. The predicted molar refractivity (Wildman–Crippen MR) is 92.5 cm³/mol. The molecular weight excluding hydrogens is 442 g/mol. The lowest BCUT2D eigenvalue weighted by molar-refractivity contribution is 0.134. The molecule has 1 unspecified atom stereocenters. The third kappa shape index (κ3) is 8.18. The van der Waals surface area contributed by atoms with Crippen LogP contribution in [0.4, 0.5) is 0 Å². The van der Waals surface area contributed by atoms with E-state index in [2.05, 4.69) is 75.9 Å². The lowest BCUT2D eigenvalue weighted by atomic mass is 10.2. The van der Waals surface area contributed by atoms with Gasteiger partial charge in [0.05, 0.1) is 11.2 Å². The molecule has 0 aliphatic heterocycles. The molecule has 0 amide bonds. The molecule has 0 aliphatic carbocycles. The van der Waals surface area contributed by atoms with Gasteiger partial charge in [-0.1, -0.05) is 45.2 Å². The number of methoxy groups -OCH3 is 1. The number of halogens is 2. The van der Waals surface area contributed by atoms with Crippen molar-refractivity contribution < 1.29 is 4.74 Å². The van der Waals surface area contributed by atoms with Crippen molar-refractivity contribution in [1.29, 1.82) is 0 Å². The summed E-state index contributed by atoms with van der Waals surface area (Å²) in [5, 5.41) is 0. The summed E-state index contributed by atoms with van der Waals surface area (Å²) in [7, 11) is 3.98. The number of hydrogen-bond acceptors (Lipinski definition) is 3. The van der Waals surface area contributed by atoms with Crippen LogP contribution in [0.5, 0.6) is 0 Å². The molecule has 0 heterocycles. The zero-order valence-electron chi connectivity index (χ0n) is 11.5. The van der Waals surface area contributed by atoms with E-state index in [-0.39, 0.29) is 0 Å². The van der Waals surface area contributed by atoms with Gasteiger partial charge in [0.15, 0.2) is 0 Å². The Balaban J connectivity index is 4.09. The fourth-order valence-electron chi connectivity index (χ4n) is 1.52. The van der Waals surface area contributed by atoms with Gasteiger partial charge < -0.3 is 9.64 Å². The third-order valence-corrected chi connectivity index (χ3v) is 5.02. The van der Waals surface area contributed by atoms with Crippen LogP contribution in [-0.4, -0.2) is 64.7 Å². The van der Waals surface area contributed by atoms with Crippen molar-refractivity contribution in [2.24, 2.45) is 0 Å². The quantitative estimate of drug-likeness (QED) is 0.279. The molecule has 0 radical (unpaired) electrons. The van der Waals surface area contributed by atoms with Gasteiger partial charge in [0.2, 0.25) is 0 Å². The van der Waals surface area contributed by atoms with E-state index in [1.165, 1.54) is 17.4 Å². The molecule has 0 aromatic carbocycles. The van der Waals surface area contributed by atoms with Gasteiger partial charge >= 0.3 is 0 Å². The fourth-order valence-corrected chi connectivity index (χ4v) is 3.41. The second-order valence-corrected chi connectivity index (χ2v) is 6.16. The summed E-state index contributed by atoms with van der Waals surface area (Å²) in [4.78, 5) is 4.94. The van der Waals surface area contributed by atoms with E-state index in [1.54, 1.807) is 7.11 Å². The van der Waals surface area contributed by atoms with Crippen molar-refractivity contribution in [2.75, 3.05) is 42.8 Å². The van der Waals surface area contributed by atoms with Gasteiger partial charge in [0.25, 0.3) is 0 Å². The Hall–Kier alpha value is 1.34. The van der Waals surface area contributed by atoms with Crippen LogP contribution in [0.3, 0.4) is 0 Å². The largest absolute Gasteiger partial charge is 0.383 e. The summed E-state index contributed by atoms with van der Waals surface area (Å²) in [5.41, 5.74) is 0. The predicted octanol–water partition coefficient (Wildman–Crippen LogP) is 2.86. The Morgan fingerprint density at radius 1 is 1.18 bits per heavy atom.